The van der Waals surface area contributed by atoms with Crippen molar-refractivity contribution in [3.8, 4) is 0 Å². The molecule has 0 fully saturated rings. The summed E-state index contributed by atoms with van der Waals surface area (Å²) in [4.78, 5) is 16.5. The molecule has 1 aromatic carbocycles. The lowest BCUT2D eigenvalue weighted by atomic mass is 9.91. The molecule has 1 aliphatic rings. The molecule has 23 heavy (non-hydrogen) atoms. The number of halogens is 3. The maximum absolute atomic E-state index is 13.7. The molecule has 0 aliphatic heterocycles. The number of nitrogens with one attached hydrogen (secondary N) is 1. The average Bonchev–Trinajstić information content (AvgIpc) is 2.51. The number of amides is 1. The summed E-state index contributed by atoms with van der Waals surface area (Å²) in [5, 5.41) is 2.57. The van der Waals surface area contributed by atoms with Crippen molar-refractivity contribution >= 4 is 5.91 Å². The molecule has 1 N–H and O–H groups in total. The minimum absolute atomic E-state index is 0.436. The normalized spacial score (nSPS) is 16.8. The number of aromatic nitrogens is 1. The fourth-order valence-corrected chi connectivity index (χ4v) is 2.89. The number of hydrogen-bond donors (Lipinski definition) is 1. The Labute approximate surface area is 131 Å². The van der Waals surface area contributed by atoms with Crippen molar-refractivity contribution < 1.29 is 18.0 Å². The van der Waals surface area contributed by atoms with Gasteiger partial charge in [-0.05, 0) is 49.4 Å². The van der Waals surface area contributed by atoms with Gasteiger partial charge >= 0.3 is 0 Å². The summed E-state index contributed by atoms with van der Waals surface area (Å²) < 4.78 is 40.7. The summed E-state index contributed by atoms with van der Waals surface area (Å²) in [6.07, 6.45) is 3.98. The Kier molecular flexibility index (Phi) is 4.07. The van der Waals surface area contributed by atoms with Gasteiger partial charge in [0.2, 0.25) is 0 Å². The molecule has 6 heteroatoms. The molecule has 0 saturated heterocycles. The number of nitrogens with zero attached hydrogens (tertiary/aromatic N) is 1. The molecule has 1 aliphatic carbocycles. The largest absolute Gasteiger partial charge is 0.343 e. The first-order valence-corrected chi connectivity index (χ1v) is 7.37. The number of carbonyl (C=O) groups excluding carboxylic acids is 1. The van der Waals surface area contributed by atoms with Crippen LogP contribution in [0.4, 0.5) is 13.2 Å². The molecule has 120 valence electrons. The van der Waals surface area contributed by atoms with E-state index < -0.39 is 35.0 Å². The molecule has 0 saturated carbocycles. The van der Waals surface area contributed by atoms with Crippen LogP contribution in [0.2, 0.25) is 0 Å². The van der Waals surface area contributed by atoms with Crippen LogP contribution >= 0.6 is 0 Å². The Morgan fingerprint density at radius 3 is 2.78 bits per heavy atom. The van der Waals surface area contributed by atoms with Gasteiger partial charge in [-0.1, -0.05) is 6.07 Å². The zero-order valence-corrected chi connectivity index (χ0v) is 12.5. The predicted octanol–water partition coefficient (Wildman–Crippen LogP) is 3.61. The first kappa shape index (κ1) is 15.5. The molecular weight excluding hydrogens is 305 g/mol. The number of hydrogen-bond acceptors (Lipinski definition) is 2. The molecule has 1 amide bonds. The number of benzene rings is 1. The first-order valence-electron chi connectivity index (χ1n) is 7.37. The van der Waals surface area contributed by atoms with Crippen LogP contribution in [-0.2, 0) is 6.42 Å². The van der Waals surface area contributed by atoms with Crippen LogP contribution in [0.1, 0.15) is 46.1 Å². The van der Waals surface area contributed by atoms with Crippen molar-refractivity contribution in [2.45, 2.75) is 32.2 Å². The van der Waals surface area contributed by atoms with E-state index in [-0.39, 0.29) is 0 Å². The Morgan fingerprint density at radius 2 is 2.00 bits per heavy atom. The van der Waals surface area contributed by atoms with Gasteiger partial charge in [-0.2, -0.15) is 0 Å². The summed E-state index contributed by atoms with van der Waals surface area (Å²) in [7, 11) is 0. The van der Waals surface area contributed by atoms with Crippen molar-refractivity contribution in [2.75, 3.05) is 0 Å². The van der Waals surface area contributed by atoms with Gasteiger partial charge in [0.1, 0.15) is 11.4 Å². The van der Waals surface area contributed by atoms with E-state index in [4.69, 9.17) is 0 Å². The third-order valence-corrected chi connectivity index (χ3v) is 3.98. The van der Waals surface area contributed by atoms with Gasteiger partial charge in [0.15, 0.2) is 11.6 Å². The number of carbonyl (C=O) groups is 1. The van der Waals surface area contributed by atoms with Gasteiger partial charge in [0, 0.05) is 6.20 Å². The van der Waals surface area contributed by atoms with Crippen molar-refractivity contribution in [1.82, 2.24) is 10.3 Å². The van der Waals surface area contributed by atoms with Gasteiger partial charge in [0.25, 0.3) is 5.91 Å². The van der Waals surface area contributed by atoms with Crippen LogP contribution < -0.4 is 5.32 Å². The molecule has 1 atom stereocenters. The SMILES string of the molecule is Cc1cnc2c(c1)CCCC2NC(=O)c1c(F)ccc(F)c1F. The Morgan fingerprint density at radius 1 is 1.26 bits per heavy atom. The number of rotatable bonds is 2. The highest BCUT2D eigenvalue weighted by molar-refractivity contribution is 5.95. The molecule has 3 nitrogen and oxygen atoms in total. The fraction of sp³-hybridized carbons (Fsp3) is 0.294. The van der Waals surface area contributed by atoms with Gasteiger partial charge in [0.05, 0.1) is 11.7 Å². The average molecular weight is 320 g/mol. The third kappa shape index (κ3) is 2.93. The van der Waals surface area contributed by atoms with Crippen LogP contribution in [0.5, 0.6) is 0 Å². The molecule has 2 aromatic rings. The first-order chi connectivity index (χ1) is 11.0. The molecular formula is C17H15F3N2O. The summed E-state index contributed by atoms with van der Waals surface area (Å²) >= 11 is 0. The zero-order chi connectivity index (χ0) is 16.6. The van der Waals surface area contributed by atoms with Gasteiger partial charge in [-0.3, -0.25) is 9.78 Å². The molecule has 0 radical (unpaired) electrons. The second-order valence-electron chi connectivity index (χ2n) is 5.69. The summed E-state index contributed by atoms with van der Waals surface area (Å²) in [6.45, 7) is 1.92. The monoisotopic (exact) mass is 320 g/mol. The van der Waals surface area contributed by atoms with Crippen molar-refractivity contribution in [3.63, 3.8) is 0 Å². The number of fused-ring (bicyclic) bond motifs is 1. The highest BCUT2D eigenvalue weighted by Gasteiger charge is 2.27. The zero-order valence-electron chi connectivity index (χ0n) is 12.5. The molecule has 0 spiro atoms. The summed E-state index contributed by atoms with van der Waals surface area (Å²) in [6, 6.07) is 2.95. The van der Waals surface area contributed by atoms with Crippen LogP contribution in [0.15, 0.2) is 24.4 Å². The smallest absolute Gasteiger partial charge is 0.257 e. The molecule has 1 aromatic heterocycles. The van der Waals surface area contributed by atoms with Crippen LogP contribution in [-0.4, -0.2) is 10.9 Å². The topological polar surface area (TPSA) is 42.0 Å². The van der Waals surface area contributed by atoms with Gasteiger partial charge in [-0.25, -0.2) is 13.2 Å². The standard InChI is InChI=1S/C17H15F3N2O/c1-9-7-10-3-2-4-13(16(10)21-8-9)22-17(23)14-11(18)5-6-12(19)15(14)20/h5-8,13H,2-4H2,1H3,(H,22,23). The van der Waals surface area contributed by atoms with Crippen LogP contribution in [0.25, 0.3) is 0 Å². The fourth-order valence-electron chi connectivity index (χ4n) is 2.89. The Balaban J connectivity index is 1.90. The Hall–Kier alpha value is -2.37. The molecule has 1 heterocycles. The van der Waals surface area contributed by atoms with E-state index in [1.165, 1.54) is 0 Å². The van der Waals surface area contributed by atoms with Gasteiger partial charge < -0.3 is 5.32 Å². The number of aryl methyl sites for hydroxylation is 2. The quantitative estimate of drug-likeness (QED) is 0.859. The minimum atomic E-state index is -1.48. The van der Waals surface area contributed by atoms with E-state index in [1.807, 2.05) is 13.0 Å². The second-order valence-corrected chi connectivity index (χ2v) is 5.69. The molecule has 3 rings (SSSR count). The minimum Gasteiger partial charge on any atom is -0.343 e. The van der Waals surface area contributed by atoms with Crippen molar-refractivity contribution in [2.24, 2.45) is 0 Å². The maximum atomic E-state index is 13.7. The molecule has 0 bridgehead atoms. The summed E-state index contributed by atoms with van der Waals surface area (Å²) in [5.74, 6) is -4.79. The highest BCUT2D eigenvalue weighted by Crippen LogP contribution is 2.29. The molecule has 1 unspecified atom stereocenters. The predicted molar refractivity (Wildman–Crippen MR) is 78.4 cm³/mol. The van der Waals surface area contributed by atoms with E-state index in [0.717, 1.165) is 30.0 Å². The van der Waals surface area contributed by atoms with Crippen molar-refractivity contribution in [3.05, 3.63) is 64.2 Å². The third-order valence-electron chi connectivity index (χ3n) is 3.98. The lowest BCUT2D eigenvalue weighted by Crippen LogP contribution is -2.33. The van der Waals surface area contributed by atoms with E-state index >= 15 is 0 Å². The van der Waals surface area contributed by atoms with E-state index in [2.05, 4.69) is 10.3 Å². The van der Waals surface area contributed by atoms with Crippen LogP contribution in [0, 0.1) is 24.4 Å². The second kappa shape index (κ2) is 6.02. The lowest BCUT2D eigenvalue weighted by molar-refractivity contribution is 0.0922. The number of pyridine rings is 1. The van der Waals surface area contributed by atoms with E-state index in [0.29, 0.717) is 18.2 Å². The lowest BCUT2D eigenvalue weighted by Gasteiger charge is -2.25. The van der Waals surface area contributed by atoms with Gasteiger partial charge in [-0.15, -0.1) is 0 Å². The van der Waals surface area contributed by atoms with E-state index in [9.17, 15) is 18.0 Å². The van der Waals surface area contributed by atoms with Crippen LogP contribution in [0.3, 0.4) is 0 Å². The highest BCUT2D eigenvalue weighted by atomic mass is 19.2. The van der Waals surface area contributed by atoms with E-state index in [1.54, 1.807) is 6.20 Å². The van der Waals surface area contributed by atoms with Crippen molar-refractivity contribution in [1.29, 1.82) is 0 Å². The Bertz CT molecular complexity index is 777. The maximum Gasteiger partial charge on any atom is 0.257 e. The summed E-state index contributed by atoms with van der Waals surface area (Å²) in [5.41, 5.74) is 1.83.